The number of benzene rings is 1. The highest BCUT2D eigenvalue weighted by atomic mass is 19.1. The molecule has 1 aliphatic rings. The molecule has 1 aliphatic heterocycles. The standard InChI is InChI=1S/C14H16F2N4/c15-10-1-2-11(12(16)7-10)13-8-18-14(19-13)9-20-5-3-17-4-6-20/h1-2,7-8,17H,3-6,9H2,(H,18,19). The first kappa shape index (κ1) is 13.2. The molecule has 2 N–H and O–H groups in total. The van der Waals surface area contributed by atoms with Gasteiger partial charge in [0.2, 0.25) is 0 Å². The lowest BCUT2D eigenvalue weighted by Gasteiger charge is -2.26. The molecule has 0 atom stereocenters. The molecule has 0 aliphatic carbocycles. The number of nitrogens with zero attached hydrogens (tertiary/aromatic N) is 2. The summed E-state index contributed by atoms with van der Waals surface area (Å²) in [6.07, 6.45) is 1.59. The van der Waals surface area contributed by atoms with Crippen molar-refractivity contribution < 1.29 is 8.78 Å². The lowest BCUT2D eigenvalue weighted by Crippen LogP contribution is -2.43. The summed E-state index contributed by atoms with van der Waals surface area (Å²) in [5, 5.41) is 3.29. The van der Waals surface area contributed by atoms with Crippen molar-refractivity contribution in [1.82, 2.24) is 20.2 Å². The van der Waals surface area contributed by atoms with Crippen LogP contribution >= 0.6 is 0 Å². The van der Waals surface area contributed by atoms with Gasteiger partial charge in [-0.05, 0) is 12.1 Å². The van der Waals surface area contributed by atoms with Crippen LogP contribution in [0.2, 0.25) is 0 Å². The molecule has 2 heterocycles. The van der Waals surface area contributed by atoms with E-state index in [1.165, 1.54) is 12.1 Å². The van der Waals surface area contributed by atoms with Crippen LogP contribution in [0.25, 0.3) is 11.3 Å². The quantitative estimate of drug-likeness (QED) is 0.899. The molecular formula is C14H16F2N4. The molecule has 0 unspecified atom stereocenters. The fraction of sp³-hybridized carbons (Fsp3) is 0.357. The summed E-state index contributed by atoms with van der Waals surface area (Å²) >= 11 is 0. The summed E-state index contributed by atoms with van der Waals surface area (Å²) in [7, 11) is 0. The highest BCUT2D eigenvalue weighted by molar-refractivity contribution is 5.59. The number of aromatic amines is 1. The fourth-order valence-corrected chi connectivity index (χ4v) is 2.37. The van der Waals surface area contributed by atoms with Gasteiger partial charge in [-0.3, -0.25) is 4.90 Å². The van der Waals surface area contributed by atoms with E-state index in [4.69, 9.17) is 0 Å². The van der Waals surface area contributed by atoms with Crippen LogP contribution in [0.15, 0.2) is 24.4 Å². The maximum atomic E-state index is 13.7. The van der Waals surface area contributed by atoms with Crippen LogP contribution in [-0.4, -0.2) is 41.0 Å². The van der Waals surface area contributed by atoms with E-state index in [9.17, 15) is 8.78 Å². The minimum atomic E-state index is -0.581. The Morgan fingerprint density at radius 3 is 2.75 bits per heavy atom. The Morgan fingerprint density at radius 1 is 1.20 bits per heavy atom. The number of H-pyrrole nitrogens is 1. The summed E-state index contributed by atoms with van der Waals surface area (Å²) in [6, 6.07) is 3.55. The van der Waals surface area contributed by atoms with E-state index in [1.807, 2.05) is 0 Å². The highest BCUT2D eigenvalue weighted by Crippen LogP contribution is 2.21. The van der Waals surface area contributed by atoms with Crippen molar-refractivity contribution in [2.75, 3.05) is 26.2 Å². The Kier molecular flexibility index (Phi) is 3.75. The molecular weight excluding hydrogens is 262 g/mol. The van der Waals surface area contributed by atoms with Gasteiger partial charge in [-0.2, -0.15) is 0 Å². The average Bonchev–Trinajstić information content (AvgIpc) is 2.88. The lowest BCUT2D eigenvalue weighted by atomic mass is 10.1. The van der Waals surface area contributed by atoms with E-state index in [0.29, 0.717) is 17.8 Å². The SMILES string of the molecule is Fc1ccc(-c2cnc(CN3CCNCC3)[nH]2)c(F)c1. The molecule has 0 bridgehead atoms. The molecule has 1 saturated heterocycles. The zero-order chi connectivity index (χ0) is 13.9. The van der Waals surface area contributed by atoms with Crippen molar-refractivity contribution in [3.63, 3.8) is 0 Å². The second-order valence-corrected chi connectivity index (χ2v) is 4.89. The number of hydrogen-bond acceptors (Lipinski definition) is 3. The van der Waals surface area contributed by atoms with Crippen LogP contribution in [-0.2, 0) is 6.54 Å². The zero-order valence-corrected chi connectivity index (χ0v) is 11.0. The third kappa shape index (κ3) is 2.86. The van der Waals surface area contributed by atoms with Crippen LogP contribution in [0.1, 0.15) is 5.82 Å². The molecule has 1 aromatic heterocycles. The number of piperazine rings is 1. The van der Waals surface area contributed by atoms with E-state index in [2.05, 4.69) is 20.2 Å². The number of rotatable bonds is 3. The third-order valence-electron chi connectivity index (χ3n) is 3.43. The number of hydrogen-bond donors (Lipinski definition) is 2. The minimum Gasteiger partial charge on any atom is -0.341 e. The van der Waals surface area contributed by atoms with Crippen molar-refractivity contribution in [2.45, 2.75) is 6.54 Å². The van der Waals surface area contributed by atoms with Crippen molar-refractivity contribution in [3.8, 4) is 11.3 Å². The normalized spacial score (nSPS) is 16.5. The fourth-order valence-electron chi connectivity index (χ4n) is 2.37. The number of nitrogens with one attached hydrogen (secondary N) is 2. The van der Waals surface area contributed by atoms with E-state index >= 15 is 0 Å². The number of halogens is 2. The Labute approximate surface area is 115 Å². The highest BCUT2D eigenvalue weighted by Gasteiger charge is 2.13. The summed E-state index contributed by atoms with van der Waals surface area (Å²) in [6.45, 7) is 4.60. The smallest absolute Gasteiger partial charge is 0.135 e. The maximum Gasteiger partial charge on any atom is 0.135 e. The van der Waals surface area contributed by atoms with Gasteiger partial charge in [0.05, 0.1) is 18.4 Å². The lowest BCUT2D eigenvalue weighted by molar-refractivity contribution is 0.228. The Bertz CT molecular complexity index is 591. The van der Waals surface area contributed by atoms with Gasteiger partial charge in [0.15, 0.2) is 0 Å². The largest absolute Gasteiger partial charge is 0.341 e. The van der Waals surface area contributed by atoms with Crippen LogP contribution in [0.5, 0.6) is 0 Å². The summed E-state index contributed by atoms with van der Waals surface area (Å²) < 4.78 is 26.6. The number of aromatic nitrogens is 2. The van der Waals surface area contributed by atoms with Gasteiger partial charge in [-0.15, -0.1) is 0 Å². The van der Waals surface area contributed by atoms with Crippen LogP contribution in [0, 0.1) is 11.6 Å². The monoisotopic (exact) mass is 278 g/mol. The van der Waals surface area contributed by atoms with Gasteiger partial charge in [-0.25, -0.2) is 13.8 Å². The predicted octanol–water partition coefficient (Wildman–Crippen LogP) is 1.76. The van der Waals surface area contributed by atoms with Gasteiger partial charge in [-0.1, -0.05) is 0 Å². The molecule has 0 radical (unpaired) electrons. The topological polar surface area (TPSA) is 44.0 Å². The van der Waals surface area contributed by atoms with Gasteiger partial charge in [0.1, 0.15) is 17.5 Å². The molecule has 2 aromatic rings. The van der Waals surface area contributed by atoms with Crippen molar-refractivity contribution in [3.05, 3.63) is 41.9 Å². The molecule has 0 saturated carbocycles. The zero-order valence-electron chi connectivity index (χ0n) is 11.0. The molecule has 20 heavy (non-hydrogen) atoms. The van der Waals surface area contributed by atoms with E-state index < -0.39 is 11.6 Å². The van der Waals surface area contributed by atoms with Crippen LogP contribution in [0.4, 0.5) is 8.78 Å². The first-order chi connectivity index (χ1) is 9.72. The van der Waals surface area contributed by atoms with E-state index in [-0.39, 0.29) is 0 Å². The molecule has 4 nitrogen and oxygen atoms in total. The summed E-state index contributed by atoms with van der Waals surface area (Å²) in [4.78, 5) is 9.65. The molecule has 1 fully saturated rings. The van der Waals surface area contributed by atoms with E-state index in [0.717, 1.165) is 38.1 Å². The van der Waals surface area contributed by atoms with Gasteiger partial charge in [0.25, 0.3) is 0 Å². The molecule has 3 rings (SSSR count). The Morgan fingerprint density at radius 2 is 2.00 bits per heavy atom. The van der Waals surface area contributed by atoms with E-state index in [1.54, 1.807) is 6.20 Å². The summed E-state index contributed by atoms with van der Waals surface area (Å²) in [5.74, 6) is -0.361. The first-order valence-corrected chi connectivity index (χ1v) is 6.65. The molecule has 0 spiro atoms. The molecule has 0 amide bonds. The predicted molar refractivity (Wildman–Crippen MR) is 72.1 cm³/mol. The minimum absolute atomic E-state index is 0.338. The second-order valence-electron chi connectivity index (χ2n) is 4.89. The number of imidazole rings is 1. The van der Waals surface area contributed by atoms with Crippen LogP contribution in [0.3, 0.4) is 0 Å². The van der Waals surface area contributed by atoms with Gasteiger partial charge in [0, 0.05) is 37.8 Å². The van der Waals surface area contributed by atoms with Crippen molar-refractivity contribution in [2.24, 2.45) is 0 Å². The second kappa shape index (κ2) is 5.68. The van der Waals surface area contributed by atoms with Gasteiger partial charge < -0.3 is 10.3 Å². The van der Waals surface area contributed by atoms with Crippen molar-refractivity contribution in [1.29, 1.82) is 0 Å². The summed E-state index contributed by atoms with van der Waals surface area (Å²) in [5.41, 5.74) is 0.915. The maximum absolute atomic E-state index is 13.7. The Hall–Kier alpha value is -1.79. The first-order valence-electron chi connectivity index (χ1n) is 6.65. The van der Waals surface area contributed by atoms with Crippen LogP contribution < -0.4 is 5.32 Å². The average molecular weight is 278 g/mol. The molecule has 106 valence electrons. The van der Waals surface area contributed by atoms with Crippen molar-refractivity contribution >= 4 is 0 Å². The molecule has 1 aromatic carbocycles. The third-order valence-corrected chi connectivity index (χ3v) is 3.43. The van der Waals surface area contributed by atoms with Gasteiger partial charge >= 0.3 is 0 Å². The Balaban J connectivity index is 1.75. The molecule has 6 heteroatoms.